The third-order valence-electron chi connectivity index (χ3n) is 3.28. The maximum atomic E-state index is 11.3. The van der Waals surface area contributed by atoms with Crippen LogP contribution in [0.15, 0.2) is 24.3 Å². The molecule has 122 valence electrons. The predicted molar refractivity (Wildman–Crippen MR) is 91.4 cm³/mol. The lowest BCUT2D eigenvalue weighted by atomic mass is 10.1. The molecule has 0 aromatic heterocycles. The average Bonchev–Trinajstić information content (AvgIpc) is 2.49. The van der Waals surface area contributed by atoms with E-state index in [1.54, 1.807) is 0 Å². The molecule has 0 amide bonds. The Hall–Kier alpha value is -1.05. The standard InChI is InChI=1S/C19H34O2/c1-3-5-6-7-8-9-10-11-12-13-14-15-16-17-19(20)21-18-4-2/h6-7,9-10H,3-5,8,11-18H2,1-2H3/b7-6-,10-9-. The van der Waals surface area contributed by atoms with E-state index in [2.05, 4.69) is 31.2 Å². The largest absolute Gasteiger partial charge is 0.466 e. The maximum absolute atomic E-state index is 11.3. The summed E-state index contributed by atoms with van der Waals surface area (Å²) in [5.74, 6) is -0.0316. The van der Waals surface area contributed by atoms with Gasteiger partial charge in [0.15, 0.2) is 0 Å². The summed E-state index contributed by atoms with van der Waals surface area (Å²) in [6.45, 7) is 4.79. The van der Waals surface area contributed by atoms with Crippen molar-refractivity contribution in [2.75, 3.05) is 6.61 Å². The monoisotopic (exact) mass is 294 g/mol. The van der Waals surface area contributed by atoms with Gasteiger partial charge in [-0.25, -0.2) is 0 Å². The Labute approximate surface area is 131 Å². The van der Waals surface area contributed by atoms with Crippen molar-refractivity contribution in [1.29, 1.82) is 0 Å². The molecule has 0 bridgehead atoms. The Morgan fingerprint density at radius 3 is 2.19 bits per heavy atom. The third-order valence-corrected chi connectivity index (χ3v) is 3.28. The zero-order chi connectivity index (χ0) is 15.6. The van der Waals surface area contributed by atoms with Crippen molar-refractivity contribution in [2.24, 2.45) is 0 Å². The van der Waals surface area contributed by atoms with Gasteiger partial charge in [-0.2, -0.15) is 0 Å². The first kappa shape index (κ1) is 19.9. The minimum Gasteiger partial charge on any atom is -0.466 e. The lowest BCUT2D eigenvalue weighted by Crippen LogP contribution is -2.04. The lowest BCUT2D eigenvalue weighted by molar-refractivity contribution is -0.143. The van der Waals surface area contributed by atoms with Crippen molar-refractivity contribution in [1.82, 2.24) is 0 Å². The molecule has 0 aliphatic carbocycles. The van der Waals surface area contributed by atoms with Gasteiger partial charge in [-0.1, -0.05) is 63.8 Å². The van der Waals surface area contributed by atoms with Crippen LogP contribution in [0.1, 0.15) is 84.5 Å². The van der Waals surface area contributed by atoms with Crippen molar-refractivity contribution in [3.8, 4) is 0 Å². The molecule has 2 nitrogen and oxygen atoms in total. The highest BCUT2D eigenvalue weighted by atomic mass is 16.5. The fourth-order valence-electron chi connectivity index (χ4n) is 2.02. The second kappa shape index (κ2) is 17.0. The van der Waals surface area contributed by atoms with Crippen molar-refractivity contribution >= 4 is 5.97 Å². The van der Waals surface area contributed by atoms with Gasteiger partial charge in [-0.15, -0.1) is 0 Å². The Bertz CT molecular complexity index is 279. The molecule has 0 saturated heterocycles. The molecule has 0 spiro atoms. The van der Waals surface area contributed by atoms with Crippen LogP contribution in [-0.2, 0) is 9.53 Å². The van der Waals surface area contributed by atoms with Crippen molar-refractivity contribution in [2.45, 2.75) is 84.5 Å². The number of unbranched alkanes of at least 4 members (excludes halogenated alkanes) is 6. The van der Waals surface area contributed by atoms with E-state index in [0.717, 1.165) is 25.7 Å². The smallest absolute Gasteiger partial charge is 0.305 e. The zero-order valence-corrected chi connectivity index (χ0v) is 14.1. The molecule has 0 aromatic rings. The Morgan fingerprint density at radius 2 is 1.48 bits per heavy atom. The van der Waals surface area contributed by atoms with Gasteiger partial charge in [-0.05, 0) is 38.5 Å². The Balaban J connectivity index is 3.22. The number of ether oxygens (including phenoxy) is 1. The molecule has 0 aliphatic rings. The van der Waals surface area contributed by atoms with Gasteiger partial charge >= 0.3 is 5.97 Å². The minimum absolute atomic E-state index is 0.0316. The molecule has 0 N–H and O–H groups in total. The SMILES string of the molecule is CCC/C=C\C/C=C\CCCCCCCC(=O)OCCC. The number of hydrogen-bond acceptors (Lipinski definition) is 2. The summed E-state index contributed by atoms with van der Waals surface area (Å²) >= 11 is 0. The molecule has 2 heteroatoms. The van der Waals surface area contributed by atoms with Gasteiger partial charge in [0.05, 0.1) is 6.61 Å². The van der Waals surface area contributed by atoms with E-state index in [9.17, 15) is 4.79 Å². The molecule has 0 aromatic carbocycles. The maximum Gasteiger partial charge on any atom is 0.305 e. The zero-order valence-electron chi connectivity index (χ0n) is 14.1. The Kier molecular flexibility index (Phi) is 16.2. The molecule has 0 heterocycles. The summed E-state index contributed by atoms with van der Waals surface area (Å²) in [5, 5.41) is 0. The summed E-state index contributed by atoms with van der Waals surface area (Å²) in [4.78, 5) is 11.3. The molecule has 0 aliphatic heterocycles. The number of hydrogen-bond donors (Lipinski definition) is 0. The van der Waals surface area contributed by atoms with Gasteiger partial charge < -0.3 is 4.74 Å². The normalized spacial score (nSPS) is 11.5. The summed E-state index contributed by atoms with van der Waals surface area (Å²) < 4.78 is 5.04. The lowest BCUT2D eigenvalue weighted by Gasteiger charge is -2.02. The van der Waals surface area contributed by atoms with Crippen LogP contribution in [-0.4, -0.2) is 12.6 Å². The molecule has 0 fully saturated rings. The van der Waals surface area contributed by atoms with Crippen LogP contribution in [0, 0.1) is 0 Å². The fourth-order valence-corrected chi connectivity index (χ4v) is 2.02. The van der Waals surface area contributed by atoms with E-state index >= 15 is 0 Å². The highest BCUT2D eigenvalue weighted by Gasteiger charge is 2.00. The van der Waals surface area contributed by atoms with Crippen LogP contribution in [0.5, 0.6) is 0 Å². The first-order valence-corrected chi connectivity index (χ1v) is 8.76. The highest BCUT2D eigenvalue weighted by Crippen LogP contribution is 2.08. The van der Waals surface area contributed by atoms with Crippen molar-refractivity contribution in [3.63, 3.8) is 0 Å². The number of carbonyl (C=O) groups is 1. The van der Waals surface area contributed by atoms with Crippen LogP contribution in [0.3, 0.4) is 0 Å². The summed E-state index contributed by atoms with van der Waals surface area (Å²) in [7, 11) is 0. The fraction of sp³-hybridized carbons (Fsp3) is 0.737. The predicted octanol–water partition coefficient (Wildman–Crippen LogP) is 5.97. The molecule has 0 radical (unpaired) electrons. The van der Waals surface area contributed by atoms with Gasteiger partial charge in [-0.3, -0.25) is 4.79 Å². The van der Waals surface area contributed by atoms with E-state index in [1.807, 2.05) is 6.92 Å². The number of allylic oxidation sites excluding steroid dienone is 4. The molecule has 0 rings (SSSR count). The van der Waals surface area contributed by atoms with Gasteiger partial charge in [0.1, 0.15) is 0 Å². The first-order chi connectivity index (χ1) is 10.3. The number of esters is 1. The molecule has 0 unspecified atom stereocenters. The van der Waals surface area contributed by atoms with Crippen LogP contribution in [0.4, 0.5) is 0 Å². The van der Waals surface area contributed by atoms with Gasteiger partial charge in [0.25, 0.3) is 0 Å². The molecule has 21 heavy (non-hydrogen) atoms. The van der Waals surface area contributed by atoms with Crippen molar-refractivity contribution < 1.29 is 9.53 Å². The molecule has 0 saturated carbocycles. The summed E-state index contributed by atoms with van der Waals surface area (Å²) in [6, 6.07) is 0. The topological polar surface area (TPSA) is 26.3 Å². The van der Waals surface area contributed by atoms with Gasteiger partial charge in [0, 0.05) is 6.42 Å². The Morgan fingerprint density at radius 1 is 0.810 bits per heavy atom. The van der Waals surface area contributed by atoms with E-state index in [4.69, 9.17) is 4.74 Å². The molecular formula is C19H34O2. The molecule has 0 atom stereocenters. The van der Waals surface area contributed by atoms with Crippen LogP contribution < -0.4 is 0 Å². The third kappa shape index (κ3) is 16.9. The average molecular weight is 294 g/mol. The van der Waals surface area contributed by atoms with Crippen LogP contribution in [0.25, 0.3) is 0 Å². The quantitative estimate of drug-likeness (QED) is 0.224. The van der Waals surface area contributed by atoms with E-state index < -0.39 is 0 Å². The molecular weight excluding hydrogens is 260 g/mol. The van der Waals surface area contributed by atoms with E-state index in [1.165, 1.54) is 38.5 Å². The van der Waals surface area contributed by atoms with E-state index in [0.29, 0.717) is 13.0 Å². The van der Waals surface area contributed by atoms with E-state index in [-0.39, 0.29) is 5.97 Å². The highest BCUT2D eigenvalue weighted by molar-refractivity contribution is 5.69. The van der Waals surface area contributed by atoms with Crippen LogP contribution >= 0.6 is 0 Å². The van der Waals surface area contributed by atoms with Crippen molar-refractivity contribution in [3.05, 3.63) is 24.3 Å². The minimum atomic E-state index is -0.0316. The number of carbonyl (C=O) groups excluding carboxylic acids is 1. The first-order valence-electron chi connectivity index (χ1n) is 8.76. The second-order valence-electron chi connectivity index (χ2n) is 5.49. The van der Waals surface area contributed by atoms with Crippen LogP contribution in [0.2, 0.25) is 0 Å². The number of rotatable bonds is 14. The summed E-state index contributed by atoms with van der Waals surface area (Å²) in [5.41, 5.74) is 0. The second-order valence-corrected chi connectivity index (χ2v) is 5.49. The summed E-state index contributed by atoms with van der Waals surface area (Å²) in [6.07, 6.45) is 21.1. The van der Waals surface area contributed by atoms with Gasteiger partial charge in [0.2, 0.25) is 0 Å².